The van der Waals surface area contributed by atoms with E-state index in [4.69, 9.17) is 5.73 Å². The van der Waals surface area contributed by atoms with E-state index in [0.717, 1.165) is 27.3 Å². The number of thiophene rings is 1. The maximum atomic E-state index is 14.0. The molecule has 0 spiro atoms. The van der Waals surface area contributed by atoms with E-state index < -0.39 is 22.3 Å². The number of hydrogen-bond acceptors (Lipinski definition) is 6. The number of alkyl halides is 3. The number of aryl methyl sites for hydroxylation is 1. The molecule has 3 aromatic heterocycles. The number of para-hydroxylation sites is 1. The van der Waals surface area contributed by atoms with Crippen LogP contribution in [0.4, 0.5) is 19.0 Å². The Morgan fingerprint density at radius 2 is 1.89 bits per heavy atom. The zero-order chi connectivity index (χ0) is 20.1. The average molecular weight is 424 g/mol. The topological polar surface area (TPSA) is 77.0 Å². The lowest BCUT2D eigenvalue weighted by atomic mass is 9.96. The van der Waals surface area contributed by atoms with E-state index in [9.17, 15) is 18.3 Å². The lowest BCUT2D eigenvalue weighted by Crippen LogP contribution is -2.43. The standard InChI is InChI=1S/C18H15F3N4OS2/c1-10-6-7-11(27-10)9-25-15(22)12(8-23-25)17(26,18(19,20)21)16-24-13-4-2-3-5-14(13)28-16/h2-8,26H,9,22H2,1H3. The molecule has 1 atom stereocenters. The maximum Gasteiger partial charge on any atom is 0.428 e. The van der Waals surface area contributed by atoms with Gasteiger partial charge in [-0.2, -0.15) is 18.3 Å². The van der Waals surface area contributed by atoms with Crippen LogP contribution in [-0.2, 0) is 12.1 Å². The molecule has 0 saturated heterocycles. The van der Waals surface area contributed by atoms with E-state index in [0.29, 0.717) is 10.2 Å². The van der Waals surface area contributed by atoms with E-state index >= 15 is 0 Å². The zero-order valence-electron chi connectivity index (χ0n) is 14.6. The maximum absolute atomic E-state index is 14.0. The van der Waals surface area contributed by atoms with Crippen molar-refractivity contribution in [3.8, 4) is 0 Å². The third-order valence-electron chi connectivity index (χ3n) is 4.39. The molecule has 28 heavy (non-hydrogen) atoms. The number of hydrogen-bond donors (Lipinski definition) is 2. The third kappa shape index (κ3) is 2.97. The van der Waals surface area contributed by atoms with Crippen LogP contribution in [0, 0.1) is 6.92 Å². The summed E-state index contributed by atoms with van der Waals surface area (Å²) in [6.07, 6.45) is -4.06. The zero-order valence-corrected chi connectivity index (χ0v) is 16.2. The molecule has 0 aliphatic heterocycles. The summed E-state index contributed by atoms with van der Waals surface area (Å²) in [5, 5.41) is 14.4. The van der Waals surface area contributed by atoms with Crippen LogP contribution in [0.2, 0.25) is 0 Å². The second kappa shape index (κ2) is 6.57. The second-order valence-electron chi connectivity index (χ2n) is 6.31. The molecule has 3 heterocycles. The Hall–Kier alpha value is -2.43. The number of nitrogens with zero attached hydrogens (tertiary/aromatic N) is 3. The molecule has 0 fully saturated rings. The first-order valence-corrected chi connectivity index (χ1v) is 9.85. The van der Waals surface area contributed by atoms with Crippen molar-refractivity contribution in [3.63, 3.8) is 0 Å². The molecule has 3 N–H and O–H groups in total. The molecule has 0 aliphatic carbocycles. The normalized spacial score (nSPS) is 14.5. The molecule has 0 aliphatic rings. The van der Waals surface area contributed by atoms with Crippen molar-refractivity contribution < 1.29 is 18.3 Å². The molecule has 5 nitrogen and oxygen atoms in total. The van der Waals surface area contributed by atoms with Gasteiger partial charge in [-0.15, -0.1) is 22.7 Å². The molecule has 0 bridgehead atoms. The number of thiazole rings is 1. The fourth-order valence-corrected chi connectivity index (χ4v) is 4.90. The Morgan fingerprint density at radius 1 is 1.14 bits per heavy atom. The van der Waals surface area contributed by atoms with Gasteiger partial charge in [-0.3, -0.25) is 0 Å². The molecule has 0 saturated carbocycles. The van der Waals surface area contributed by atoms with Gasteiger partial charge < -0.3 is 10.8 Å². The van der Waals surface area contributed by atoms with Gasteiger partial charge in [-0.05, 0) is 31.2 Å². The van der Waals surface area contributed by atoms with Crippen LogP contribution in [0.3, 0.4) is 0 Å². The van der Waals surface area contributed by atoms with Crippen LogP contribution in [-0.4, -0.2) is 26.0 Å². The highest BCUT2D eigenvalue weighted by molar-refractivity contribution is 7.18. The number of fused-ring (bicyclic) bond motifs is 1. The van der Waals surface area contributed by atoms with Crippen molar-refractivity contribution in [2.24, 2.45) is 0 Å². The SMILES string of the molecule is Cc1ccc(Cn2ncc(C(O)(c3nc4ccccc4s3)C(F)(F)F)c2N)s1. The molecule has 146 valence electrons. The van der Waals surface area contributed by atoms with E-state index in [1.807, 2.05) is 19.1 Å². The Balaban J connectivity index is 1.82. The largest absolute Gasteiger partial charge is 0.428 e. The Morgan fingerprint density at radius 3 is 2.54 bits per heavy atom. The summed E-state index contributed by atoms with van der Waals surface area (Å²) < 4.78 is 43.9. The summed E-state index contributed by atoms with van der Waals surface area (Å²) in [6.45, 7) is 2.15. The Bertz CT molecular complexity index is 1110. The molecule has 0 radical (unpaired) electrons. The van der Waals surface area contributed by atoms with Crippen molar-refractivity contribution in [2.75, 3.05) is 5.73 Å². The van der Waals surface area contributed by atoms with E-state index in [1.165, 1.54) is 16.0 Å². The summed E-state index contributed by atoms with van der Waals surface area (Å²) in [6, 6.07) is 10.4. The van der Waals surface area contributed by atoms with E-state index in [-0.39, 0.29) is 12.4 Å². The summed E-state index contributed by atoms with van der Waals surface area (Å²) in [7, 11) is 0. The highest BCUT2D eigenvalue weighted by atomic mass is 32.1. The van der Waals surface area contributed by atoms with Crippen molar-refractivity contribution in [2.45, 2.75) is 25.2 Å². The van der Waals surface area contributed by atoms with Gasteiger partial charge in [0.05, 0.1) is 28.5 Å². The van der Waals surface area contributed by atoms with Crippen LogP contribution >= 0.6 is 22.7 Å². The molecule has 0 amide bonds. The van der Waals surface area contributed by atoms with Gasteiger partial charge in [-0.1, -0.05) is 12.1 Å². The monoisotopic (exact) mass is 424 g/mol. The third-order valence-corrected chi connectivity index (χ3v) is 6.52. The van der Waals surface area contributed by atoms with Gasteiger partial charge in [0.15, 0.2) is 0 Å². The fourth-order valence-electron chi connectivity index (χ4n) is 2.93. The first-order valence-electron chi connectivity index (χ1n) is 8.22. The van der Waals surface area contributed by atoms with Gasteiger partial charge >= 0.3 is 6.18 Å². The Kier molecular flexibility index (Phi) is 4.44. The minimum absolute atomic E-state index is 0.220. The van der Waals surface area contributed by atoms with Crippen LogP contribution in [0.25, 0.3) is 10.2 Å². The predicted molar refractivity (Wildman–Crippen MR) is 103 cm³/mol. The second-order valence-corrected chi connectivity index (χ2v) is 8.71. The first kappa shape index (κ1) is 18.9. The molecule has 4 rings (SSSR count). The van der Waals surface area contributed by atoms with Crippen LogP contribution in [0.15, 0.2) is 42.6 Å². The molecule has 10 heteroatoms. The van der Waals surface area contributed by atoms with Gasteiger partial charge in [-0.25, -0.2) is 9.67 Å². The van der Waals surface area contributed by atoms with Crippen molar-refractivity contribution in [3.05, 3.63) is 62.9 Å². The molecule has 4 aromatic rings. The average Bonchev–Trinajstić information content (AvgIpc) is 3.33. The summed E-state index contributed by atoms with van der Waals surface area (Å²) in [4.78, 5) is 5.99. The lowest BCUT2D eigenvalue weighted by Gasteiger charge is -2.28. The number of anilines is 1. The summed E-state index contributed by atoms with van der Waals surface area (Å²) in [5.74, 6) is -0.245. The van der Waals surface area contributed by atoms with Crippen molar-refractivity contribution >= 4 is 38.7 Å². The quantitative estimate of drug-likeness (QED) is 0.512. The van der Waals surface area contributed by atoms with Gasteiger partial charge in [0.1, 0.15) is 10.8 Å². The minimum Gasteiger partial charge on any atom is -0.384 e. The number of aliphatic hydroxyl groups is 1. The summed E-state index contributed by atoms with van der Waals surface area (Å²) in [5.41, 5.74) is 2.51. The van der Waals surface area contributed by atoms with Gasteiger partial charge in [0.25, 0.3) is 0 Å². The van der Waals surface area contributed by atoms with Gasteiger partial charge in [0, 0.05) is 9.75 Å². The number of benzene rings is 1. The summed E-state index contributed by atoms with van der Waals surface area (Å²) >= 11 is 2.28. The fraction of sp³-hybridized carbons (Fsp3) is 0.222. The molecular weight excluding hydrogens is 409 g/mol. The van der Waals surface area contributed by atoms with Crippen LogP contribution in [0.1, 0.15) is 20.3 Å². The van der Waals surface area contributed by atoms with Gasteiger partial charge in [0.2, 0.25) is 5.60 Å². The first-order chi connectivity index (χ1) is 13.2. The van der Waals surface area contributed by atoms with Crippen molar-refractivity contribution in [1.82, 2.24) is 14.8 Å². The van der Waals surface area contributed by atoms with Crippen LogP contribution in [0.5, 0.6) is 0 Å². The van der Waals surface area contributed by atoms with Crippen LogP contribution < -0.4 is 5.73 Å². The Labute approximate surface area is 165 Å². The highest BCUT2D eigenvalue weighted by Gasteiger charge is 2.60. The lowest BCUT2D eigenvalue weighted by molar-refractivity contribution is -0.248. The number of rotatable bonds is 4. The molecular formula is C18H15F3N4OS2. The number of halogens is 3. The molecule has 1 unspecified atom stereocenters. The smallest absolute Gasteiger partial charge is 0.384 e. The highest BCUT2D eigenvalue weighted by Crippen LogP contribution is 2.48. The number of nitrogen functional groups attached to an aromatic ring is 1. The van der Waals surface area contributed by atoms with E-state index in [1.54, 1.807) is 24.3 Å². The number of aromatic nitrogens is 3. The van der Waals surface area contributed by atoms with Crippen molar-refractivity contribution in [1.29, 1.82) is 0 Å². The molecule has 1 aromatic carbocycles. The predicted octanol–water partition coefficient (Wildman–Crippen LogP) is 4.29. The van der Waals surface area contributed by atoms with E-state index in [2.05, 4.69) is 10.1 Å². The number of nitrogens with two attached hydrogens (primary N) is 1. The minimum atomic E-state index is -5.03.